The van der Waals surface area contributed by atoms with Crippen LogP contribution in [0.5, 0.6) is 23.0 Å². The van der Waals surface area contributed by atoms with E-state index in [4.69, 9.17) is 18.9 Å². The molecule has 0 radical (unpaired) electrons. The van der Waals surface area contributed by atoms with Gasteiger partial charge < -0.3 is 24.1 Å². The largest absolute Gasteiger partial charge is 0.504 e. The van der Waals surface area contributed by atoms with Crippen molar-refractivity contribution in [3.8, 4) is 23.0 Å². The van der Waals surface area contributed by atoms with Crippen molar-refractivity contribution in [3.63, 3.8) is 0 Å². The minimum absolute atomic E-state index is 0.0674. The van der Waals surface area contributed by atoms with E-state index in [0.717, 1.165) is 11.1 Å². The lowest BCUT2D eigenvalue weighted by molar-refractivity contribution is -0.135. The van der Waals surface area contributed by atoms with E-state index < -0.39 is 0 Å². The number of fused-ring (bicyclic) bond motifs is 1. The SMILES string of the molecule is COc1cc(C[C@@H]2COC(=O)/C2=C/c2ccc3c(c2)OCO3)ccc1O. The monoisotopic (exact) mass is 354 g/mol. The van der Waals surface area contributed by atoms with Gasteiger partial charge in [0.25, 0.3) is 0 Å². The van der Waals surface area contributed by atoms with Crippen LogP contribution < -0.4 is 14.2 Å². The highest BCUT2D eigenvalue weighted by molar-refractivity contribution is 5.96. The fraction of sp³-hybridized carbons (Fsp3) is 0.250. The van der Waals surface area contributed by atoms with Crippen LogP contribution >= 0.6 is 0 Å². The van der Waals surface area contributed by atoms with E-state index in [9.17, 15) is 9.90 Å². The Labute approximate surface area is 150 Å². The molecule has 2 aliphatic rings. The number of phenolic OH excluding ortho intramolecular Hbond substituents is 1. The predicted molar refractivity (Wildman–Crippen MR) is 93.4 cm³/mol. The summed E-state index contributed by atoms with van der Waals surface area (Å²) in [6.45, 7) is 0.543. The van der Waals surface area contributed by atoms with Gasteiger partial charge in [-0.05, 0) is 47.9 Å². The highest BCUT2D eigenvalue weighted by atomic mass is 16.7. The Kier molecular flexibility index (Phi) is 4.16. The van der Waals surface area contributed by atoms with E-state index in [1.54, 1.807) is 12.1 Å². The van der Waals surface area contributed by atoms with Gasteiger partial charge >= 0.3 is 5.97 Å². The summed E-state index contributed by atoms with van der Waals surface area (Å²) in [7, 11) is 1.51. The summed E-state index contributed by atoms with van der Waals surface area (Å²) in [6, 6.07) is 10.7. The Morgan fingerprint density at radius 1 is 1.15 bits per heavy atom. The summed E-state index contributed by atoms with van der Waals surface area (Å²) in [5.74, 6) is 1.50. The van der Waals surface area contributed by atoms with Crippen LogP contribution in [0.1, 0.15) is 11.1 Å². The number of rotatable bonds is 4. The van der Waals surface area contributed by atoms with Crippen LogP contribution in [0.4, 0.5) is 0 Å². The topological polar surface area (TPSA) is 74.2 Å². The lowest BCUT2D eigenvalue weighted by atomic mass is 9.92. The van der Waals surface area contributed by atoms with Crippen molar-refractivity contribution in [1.29, 1.82) is 0 Å². The first-order valence-electron chi connectivity index (χ1n) is 8.28. The number of methoxy groups -OCH3 is 1. The Bertz CT molecular complexity index is 886. The molecule has 0 amide bonds. The molecule has 0 aliphatic carbocycles. The first-order valence-corrected chi connectivity index (χ1v) is 8.28. The zero-order chi connectivity index (χ0) is 18.1. The van der Waals surface area contributed by atoms with Crippen LogP contribution in [0, 0.1) is 5.92 Å². The number of esters is 1. The lowest BCUT2D eigenvalue weighted by Crippen LogP contribution is -2.07. The molecule has 2 aliphatic heterocycles. The minimum Gasteiger partial charge on any atom is -0.504 e. The normalized spacial score (nSPS) is 19.7. The summed E-state index contributed by atoms with van der Waals surface area (Å²) in [5, 5.41) is 9.72. The molecule has 2 heterocycles. The van der Waals surface area contributed by atoms with Gasteiger partial charge in [0.15, 0.2) is 23.0 Å². The van der Waals surface area contributed by atoms with Gasteiger partial charge in [0.1, 0.15) is 0 Å². The summed E-state index contributed by atoms with van der Waals surface area (Å²) in [5.41, 5.74) is 2.44. The maximum Gasteiger partial charge on any atom is 0.334 e. The third-order valence-corrected chi connectivity index (χ3v) is 4.54. The van der Waals surface area contributed by atoms with E-state index in [2.05, 4.69) is 0 Å². The summed E-state index contributed by atoms with van der Waals surface area (Å²) in [6.07, 6.45) is 2.44. The molecule has 0 unspecified atom stereocenters. The first kappa shape index (κ1) is 16.3. The van der Waals surface area contributed by atoms with Crippen LogP contribution in [0.2, 0.25) is 0 Å². The Morgan fingerprint density at radius 3 is 2.85 bits per heavy atom. The molecule has 26 heavy (non-hydrogen) atoms. The van der Waals surface area contributed by atoms with Crippen LogP contribution in [0.15, 0.2) is 42.0 Å². The molecule has 0 saturated carbocycles. The van der Waals surface area contributed by atoms with Crippen molar-refractivity contribution in [2.45, 2.75) is 6.42 Å². The van der Waals surface area contributed by atoms with Gasteiger partial charge in [0, 0.05) is 11.5 Å². The summed E-state index contributed by atoms with van der Waals surface area (Å²) in [4.78, 5) is 12.2. The number of cyclic esters (lactones) is 1. The van der Waals surface area contributed by atoms with Crippen LogP contribution in [0.25, 0.3) is 6.08 Å². The van der Waals surface area contributed by atoms with Crippen molar-refractivity contribution < 1.29 is 28.8 Å². The lowest BCUT2D eigenvalue weighted by Gasteiger charge is -2.11. The van der Waals surface area contributed by atoms with Gasteiger partial charge in [-0.25, -0.2) is 4.79 Å². The summed E-state index contributed by atoms with van der Waals surface area (Å²) >= 11 is 0. The number of phenols is 1. The van der Waals surface area contributed by atoms with Crippen molar-refractivity contribution in [2.75, 3.05) is 20.5 Å². The van der Waals surface area contributed by atoms with Crippen molar-refractivity contribution in [1.82, 2.24) is 0 Å². The predicted octanol–water partition coefficient (Wildman–Crippen LogP) is 2.93. The molecule has 2 aromatic carbocycles. The van der Waals surface area contributed by atoms with Gasteiger partial charge in [-0.15, -0.1) is 0 Å². The van der Waals surface area contributed by atoms with E-state index in [-0.39, 0.29) is 24.4 Å². The second-order valence-corrected chi connectivity index (χ2v) is 6.22. The number of carbonyl (C=O) groups excluding carboxylic acids is 1. The molecule has 0 spiro atoms. The van der Waals surface area contributed by atoms with Crippen molar-refractivity contribution >= 4 is 12.0 Å². The molecule has 1 N–H and O–H groups in total. The zero-order valence-electron chi connectivity index (χ0n) is 14.2. The molecule has 134 valence electrons. The molecular formula is C20H18O6. The molecule has 6 heteroatoms. The molecular weight excluding hydrogens is 336 g/mol. The Balaban J connectivity index is 1.59. The average Bonchev–Trinajstić information content (AvgIpc) is 3.24. The molecule has 1 saturated heterocycles. The number of aromatic hydroxyl groups is 1. The van der Waals surface area contributed by atoms with Gasteiger partial charge in [0.2, 0.25) is 6.79 Å². The van der Waals surface area contributed by atoms with E-state index in [1.807, 2.05) is 30.3 Å². The third kappa shape index (κ3) is 3.06. The standard InChI is InChI=1S/C20H18O6/c1-23-18-8-12(2-4-16(18)21)6-14-10-24-20(22)15(14)7-13-3-5-17-19(9-13)26-11-25-17/h2-5,7-9,14,21H,6,10-11H2,1H3/b15-7+/t14-/m1/s1. The quantitative estimate of drug-likeness (QED) is 0.672. The number of hydrogen-bond donors (Lipinski definition) is 1. The molecule has 0 bridgehead atoms. The van der Waals surface area contributed by atoms with Crippen molar-refractivity contribution in [3.05, 3.63) is 53.1 Å². The molecule has 6 nitrogen and oxygen atoms in total. The number of benzene rings is 2. The number of hydrogen-bond acceptors (Lipinski definition) is 6. The Hall–Kier alpha value is -3.15. The van der Waals surface area contributed by atoms with Gasteiger partial charge in [0.05, 0.1) is 13.7 Å². The highest BCUT2D eigenvalue weighted by Gasteiger charge is 2.31. The van der Waals surface area contributed by atoms with E-state index in [0.29, 0.717) is 35.8 Å². The fourth-order valence-corrected chi connectivity index (χ4v) is 3.18. The number of ether oxygens (including phenoxy) is 4. The second kappa shape index (κ2) is 6.63. The average molecular weight is 354 g/mol. The van der Waals surface area contributed by atoms with Crippen molar-refractivity contribution in [2.24, 2.45) is 5.92 Å². The molecule has 4 rings (SSSR count). The summed E-state index contributed by atoms with van der Waals surface area (Å²) < 4.78 is 21.1. The third-order valence-electron chi connectivity index (χ3n) is 4.54. The van der Waals surface area contributed by atoms with Crippen LogP contribution in [0.3, 0.4) is 0 Å². The van der Waals surface area contributed by atoms with Gasteiger partial charge in [-0.1, -0.05) is 12.1 Å². The first-order chi connectivity index (χ1) is 12.6. The van der Waals surface area contributed by atoms with E-state index in [1.165, 1.54) is 7.11 Å². The number of carbonyl (C=O) groups is 1. The maximum atomic E-state index is 12.2. The van der Waals surface area contributed by atoms with Gasteiger partial charge in [-0.3, -0.25) is 0 Å². The molecule has 2 aromatic rings. The smallest absolute Gasteiger partial charge is 0.334 e. The van der Waals surface area contributed by atoms with Crippen LogP contribution in [-0.2, 0) is 16.0 Å². The molecule has 1 atom stereocenters. The van der Waals surface area contributed by atoms with Gasteiger partial charge in [-0.2, -0.15) is 0 Å². The Morgan fingerprint density at radius 2 is 2.00 bits per heavy atom. The minimum atomic E-state index is -0.307. The second-order valence-electron chi connectivity index (χ2n) is 6.22. The maximum absolute atomic E-state index is 12.2. The highest BCUT2D eigenvalue weighted by Crippen LogP contribution is 2.35. The van der Waals surface area contributed by atoms with E-state index >= 15 is 0 Å². The fourth-order valence-electron chi connectivity index (χ4n) is 3.18. The van der Waals surface area contributed by atoms with Crippen LogP contribution in [-0.4, -0.2) is 31.6 Å². The molecule has 0 aromatic heterocycles. The molecule has 1 fully saturated rings. The zero-order valence-corrected chi connectivity index (χ0v) is 14.2.